The quantitative estimate of drug-likeness (QED) is 0.0215. The van der Waals surface area contributed by atoms with Crippen molar-refractivity contribution >= 4 is 17.9 Å². The van der Waals surface area contributed by atoms with Gasteiger partial charge >= 0.3 is 17.9 Å². The van der Waals surface area contributed by atoms with E-state index in [1.54, 1.807) is 0 Å². The molecule has 2 atom stereocenters. The lowest BCUT2D eigenvalue weighted by Crippen LogP contribution is -2.40. The number of esters is 2. The summed E-state index contributed by atoms with van der Waals surface area (Å²) in [6, 6.07) is 0. The molecule has 334 valence electrons. The maximum absolute atomic E-state index is 12.7. The van der Waals surface area contributed by atoms with E-state index >= 15 is 0 Å². The number of allylic oxidation sites excluding steroid dienone is 16. The zero-order valence-electron chi connectivity index (χ0n) is 37.6. The average molecular weight is 825 g/mol. The molecule has 0 aromatic rings. The van der Waals surface area contributed by atoms with E-state index in [4.69, 9.17) is 18.9 Å². The fourth-order valence-corrected chi connectivity index (χ4v) is 5.38. The number of quaternary nitrogens is 1. The van der Waals surface area contributed by atoms with Crippen LogP contribution in [0.15, 0.2) is 97.2 Å². The van der Waals surface area contributed by atoms with Crippen LogP contribution < -0.4 is 0 Å². The van der Waals surface area contributed by atoms with Crippen LogP contribution in [0.1, 0.15) is 142 Å². The standard InChI is InChI=1S/C50H81NO8/c1-6-8-10-12-14-15-16-17-18-19-20-21-22-23-24-25-26-27-28-29-30-31-32-33-35-37-39-41-48(53)59-46(44-57-47(52)40-38-36-34-13-11-9-7-2)45-58-50(49(54)55)56-43-42-51(3,4)5/h8,10,14-15,17-18,20-21,23-24,26-27,29-30,32-33,46,50H,6-7,9,11-13,16,19,22,25,28,31,34-45H2,1-5H3/p+1/b10-8-,15-14-,18-17-,21-20-,24-23-,27-26-,30-29-,33-32-. The number of unbranched alkanes of at least 4 members (excludes halogenated alkanes) is 8. The second kappa shape index (κ2) is 41.0. The summed E-state index contributed by atoms with van der Waals surface area (Å²) in [7, 11) is 5.92. The molecule has 0 bridgehead atoms. The molecule has 0 saturated carbocycles. The van der Waals surface area contributed by atoms with Gasteiger partial charge in [-0.2, -0.15) is 0 Å². The number of carboxylic acid groups (broad SMARTS) is 1. The van der Waals surface area contributed by atoms with E-state index in [9.17, 15) is 19.5 Å². The number of hydrogen-bond donors (Lipinski definition) is 1. The largest absolute Gasteiger partial charge is 0.477 e. The van der Waals surface area contributed by atoms with Crippen LogP contribution in [0, 0.1) is 0 Å². The van der Waals surface area contributed by atoms with E-state index < -0.39 is 24.3 Å². The molecule has 0 fully saturated rings. The van der Waals surface area contributed by atoms with Gasteiger partial charge in [-0.25, -0.2) is 4.79 Å². The van der Waals surface area contributed by atoms with Crippen molar-refractivity contribution in [1.29, 1.82) is 0 Å². The smallest absolute Gasteiger partial charge is 0.361 e. The van der Waals surface area contributed by atoms with E-state index in [1.807, 2.05) is 21.1 Å². The number of ether oxygens (including phenoxy) is 4. The summed E-state index contributed by atoms with van der Waals surface area (Å²) in [6.45, 7) is 4.62. The molecule has 9 nitrogen and oxygen atoms in total. The Bertz CT molecular complexity index is 1280. The first-order valence-corrected chi connectivity index (χ1v) is 22.4. The number of carbonyl (C=O) groups excluding carboxylic acids is 2. The topological polar surface area (TPSA) is 108 Å². The molecule has 0 aromatic carbocycles. The van der Waals surface area contributed by atoms with Crippen molar-refractivity contribution in [3.8, 4) is 0 Å². The van der Waals surface area contributed by atoms with Gasteiger partial charge in [-0.05, 0) is 77.0 Å². The Labute approximate surface area is 359 Å². The Morgan fingerprint density at radius 2 is 0.966 bits per heavy atom. The fraction of sp³-hybridized carbons (Fsp3) is 0.620. The Kier molecular flexibility index (Phi) is 38.3. The van der Waals surface area contributed by atoms with Crippen LogP contribution in [0.3, 0.4) is 0 Å². The second-order valence-electron chi connectivity index (χ2n) is 15.6. The van der Waals surface area contributed by atoms with Gasteiger partial charge in [0, 0.05) is 12.8 Å². The highest BCUT2D eigenvalue weighted by atomic mass is 16.7. The molecule has 0 aliphatic carbocycles. The average Bonchev–Trinajstić information content (AvgIpc) is 3.19. The van der Waals surface area contributed by atoms with Crippen LogP contribution >= 0.6 is 0 Å². The van der Waals surface area contributed by atoms with E-state index in [2.05, 4.69) is 111 Å². The van der Waals surface area contributed by atoms with Crippen LogP contribution in [0.5, 0.6) is 0 Å². The summed E-state index contributed by atoms with van der Waals surface area (Å²) in [5.41, 5.74) is 0. The predicted octanol–water partition coefficient (Wildman–Crippen LogP) is 11.9. The molecule has 0 aliphatic rings. The van der Waals surface area contributed by atoms with Crippen LogP contribution in [0.25, 0.3) is 0 Å². The van der Waals surface area contributed by atoms with Gasteiger partial charge in [0.05, 0.1) is 34.4 Å². The first kappa shape index (κ1) is 55.2. The molecule has 0 saturated heterocycles. The van der Waals surface area contributed by atoms with Crippen molar-refractivity contribution < 1.29 is 42.9 Å². The highest BCUT2D eigenvalue weighted by Gasteiger charge is 2.25. The van der Waals surface area contributed by atoms with Crippen LogP contribution in [-0.2, 0) is 33.3 Å². The maximum Gasteiger partial charge on any atom is 0.361 e. The second-order valence-corrected chi connectivity index (χ2v) is 15.6. The number of likely N-dealkylation sites (N-methyl/N-ethyl adjacent to an activating group) is 1. The van der Waals surface area contributed by atoms with Crippen LogP contribution in [0.2, 0.25) is 0 Å². The normalized spacial score (nSPS) is 13.8. The molecule has 0 aliphatic heterocycles. The third-order valence-electron chi connectivity index (χ3n) is 8.86. The highest BCUT2D eigenvalue weighted by Crippen LogP contribution is 2.11. The summed E-state index contributed by atoms with van der Waals surface area (Å²) in [5.74, 6) is -2.09. The van der Waals surface area contributed by atoms with E-state index in [0.29, 0.717) is 17.4 Å². The summed E-state index contributed by atoms with van der Waals surface area (Å²) in [5, 5.41) is 9.60. The lowest BCUT2D eigenvalue weighted by atomic mass is 10.1. The summed E-state index contributed by atoms with van der Waals surface area (Å²) in [6.07, 6.45) is 50.7. The molecule has 59 heavy (non-hydrogen) atoms. The van der Waals surface area contributed by atoms with Crippen molar-refractivity contribution in [3.05, 3.63) is 97.2 Å². The van der Waals surface area contributed by atoms with Gasteiger partial charge < -0.3 is 28.5 Å². The molecular formula is C50H82NO8+. The lowest BCUT2D eigenvalue weighted by Gasteiger charge is -2.25. The molecule has 9 heteroatoms. The third kappa shape index (κ3) is 42.1. The van der Waals surface area contributed by atoms with Gasteiger partial charge in [0.15, 0.2) is 6.10 Å². The number of nitrogens with zero attached hydrogens (tertiary/aromatic N) is 1. The van der Waals surface area contributed by atoms with Gasteiger partial charge in [0.25, 0.3) is 6.29 Å². The molecule has 2 unspecified atom stereocenters. The van der Waals surface area contributed by atoms with Crippen molar-refractivity contribution in [1.82, 2.24) is 0 Å². The van der Waals surface area contributed by atoms with E-state index in [1.165, 1.54) is 25.7 Å². The minimum absolute atomic E-state index is 0.174. The number of carbonyl (C=O) groups is 3. The molecule has 0 amide bonds. The minimum Gasteiger partial charge on any atom is -0.477 e. The summed E-state index contributed by atoms with van der Waals surface area (Å²) in [4.78, 5) is 36.9. The van der Waals surface area contributed by atoms with Gasteiger partial charge in [0.2, 0.25) is 0 Å². The van der Waals surface area contributed by atoms with Gasteiger partial charge in [-0.1, -0.05) is 150 Å². The number of aliphatic carboxylic acids is 1. The van der Waals surface area contributed by atoms with Crippen molar-refractivity contribution in [2.24, 2.45) is 0 Å². The lowest BCUT2D eigenvalue weighted by molar-refractivity contribution is -0.870. The van der Waals surface area contributed by atoms with E-state index in [0.717, 1.165) is 83.5 Å². The number of carboxylic acids is 1. The number of hydrogen-bond acceptors (Lipinski definition) is 7. The number of rotatable bonds is 39. The molecule has 0 spiro atoms. The van der Waals surface area contributed by atoms with Crippen LogP contribution in [-0.4, -0.2) is 87.4 Å². The molecule has 0 radical (unpaired) electrons. The Hall–Kier alpha value is -3.79. The summed E-state index contributed by atoms with van der Waals surface area (Å²) < 4.78 is 22.5. The van der Waals surface area contributed by atoms with Gasteiger partial charge in [-0.15, -0.1) is 0 Å². The van der Waals surface area contributed by atoms with E-state index in [-0.39, 0.29) is 38.6 Å². The fourth-order valence-electron chi connectivity index (χ4n) is 5.38. The van der Waals surface area contributed by atoms with Crippen molar-refractivity contribution in [3.63, 3.8) is 0 Å². The molecule has 0 aromatic heterocycles. The Balaban J connectivity index is 4.40. The Morgan fingerprint density at radius 1 is 0.525 bits per heavy atom. The Morgan fingerprint density at radius 3 is 1.44 bits per heavy atom. The minimum atomic E-state index is -1.52. The van der Waals surface area contributed by atoms with Crippen molar-refractivity contribution in [2.75, 3.05) is 47.5 Å². The molecular weight excluding hydrogens is 743 g/mol. The monoisotopic (exact) mass is 825 g/mol. The van der Waals surface area contributed by atoms with Crippen LogP contribution in [0.4, 0.5) is 0 Å². The van der Waals surface area contributed by atoms with Gasteiger partial charge in [-0.3, -0.25) is 9.59 Å². The molecule has 0 rings (SSSR count). The van der Waals surface area contributed by atoms with Gasteiger partial charge in [0.1, 0.15) is 13.2 Å². The first-order chi connectivity index (χ1) is 28.6. The zero-order chi connectivity index (χ0) is 43.5. The SMILES string of the molecule is CC/C=C\C/C=C\C/C=C\C/C=C\C/C=C\C/C=C\C/C=C\C/C=C\CCCCC(=O)OC(COC(=O)CCCCCCCCC)COC(OCC[N+](C)(C)C)C(=O)O. The zero-order valence-corrected chi connectivity index (χ0v) is 37.6. The molecule has 1 N–H and O–H groups in total. The predicted molar refractivity (Wildman–Crippen MR) is 244 cm³/mol. The summed E-state index contributed by atoms with van der Waals surface area (Å²) >= 11 is 0. The maximum atomic E-state index is 12.7. The molecule has 0 heterocycles. The first-order valence-electron chi connectivity index (χ1n) is 22.4. The van der Waals surface area contributed by atoms with Crippen molar-refractivity contribution in [2.45, 2.75) is 155 Å². The highest BCUT2D eigenvalue weighted by molar-refractivity contribution is 5.71. The third-order valence-corrected chi connectivity index (χ3v) is 8.86.